The van der Waals surface area contributed by atoms with Crippen molar-refractivity contribution in [2.24, 2.45) is 0 Å². The van der Waals surface area contributed by atoms with E-state index in [1.165, 1.54) is 25.4 Å². The summed E-state index contributed by atoms with van der Waals surface area (Å²) in [5.74, 6) is -6.70. The van der Waals surface area contributed by atoms with E-state index in [1.807, 2.05) is 0 Å². The number of hydrogen-bond donors (Lipinski definition) is 3. The normalized spacial score (nSPS) is 14.0. The number of nitrogens with one attached hydrogen (secondary N) is 2. The number of halogens is 6. The first-order valence-corrected chi connectivity index (χ1v) is 12.9. The van der Waals surface area contributed by atoms with Crippen molar-refractivity contribution >= 4 is 17.8 Å². The Kier molecular flexibility index (Phi) is 10.3. The summed E-state index contributed by atoms with van der Waals surface area (Å²) < 4.78 is 91.1. The van der Waals surface area contributed by atoms with E-state index in [9.17, 15) is 36.6 Å². The maximum absolute atomic E-state index is 15.1. The Bertz CT molecular complexity index is 1420. The number of rotatable bonds is 10. The summed E-state index contributed by atoms with van der Waals surface area (Å²) >= 11 is 0. The van der Waals surface area contributed by atoms with Crippen LogP contribution >= 0.6 is 0 Å². The van der Waals surface area contributed by atoms with Crippen molar-refractivity contribution in [2.75, 3.05) is 11.9 Å². The van der Waals surface area contributed by atoms with Crippen LogP contribution in [-0.4, -0.2) is 67.6 Å². The molecule has 0 aliphatic rings. The summed E-state index contributed by atoms with van der Waals surface area (Å²) in [5, 5.41) is 18.9. The number of carbonyl (C=O) groups is 2. The monoisotopic (exact) mass is 632 g/mol. The van der Waals surface area contributed by atoms with Gasteiger partial charge in [0.1, 0.15) is 41.2 Å². The number of carbonyl (C=O) groups excluding carboxylic acids is 2. The molecule has 0 saturated carbocycles. The fraction of sp³-hybridized carbons (Fsp3) is 0.407. The number of benzene rings is 2. The first kappa shape index (κ1) is 34.0. The molecule has 0 saturated heterocycles. The smallest absolute Gasteiger partial charge is 0.426 e. The third-order valence-corrected chi connectivity index (χ3v) is 6.03. The highest BCUT2D eigenvalue weighted by molar-refractivity contribution is 5.90. The maximum Gasteiger partial charge on any atom is 0.426 e. The summed E-state index contributed by atoms with van der Waals surface area (Å²) in [7, 11) is 0. The fourth-order valence-corrected chi connectivity index (χ4v) is 3.84. The number of alkyl halides is 4. The molecule has 3 amide bonds. The second-order valence-electron chi connectivity index (χ2n) is 10.6. The Balaban J connectivity index is 1.94. The van der Waals surface area contributed by atoms with E-state index >= 15 is 4.39 Å². The zero-order valence-corrected chi connectivity index (χ0v) is 23.9. The summed E-state index contributed by atoms with van der Waals surface area (Å²) in [5.41, 5.74) is -1.63. The first-order chi connectivity index (χ1) is 20.4. The number of ether oxygens (including phenoxy) is 2. The molecule has 3 N–H and O–H groups in total. The number of amides is 3. The third-order valence-electron chi connectivity index (χ3n) is 6.03. The summed E-state index contributed by atoms with van der Waals surface area (Å²) in [6.45, 7) is 3.80. The van der Waals surface area contributed by atoms with Crippen molar-refractivity contribution in [3.8, 4) is 5.75 Å². The molecule has 2 aromatic carbocycles. The molecule has 3 rings (SSSR count). The van der Waals surface area contributed by atoms with Gasteiger partial charge in [0, 0.05) is 17.3 Å². The Hall–Kier alpha value is -4.54. The van der Waals surface area contributed by atoms with Crippen LogP contribution in [0.2, 0.25) is 0 Å². The van der Waals surface area contributed by atoms with Gasteiger partial charge in [-0.05, 0) is 58.0 Å². The van der Waals surface area contributed by atoms with Crippen molar-refractivity contribution < 1.29 is 50.5 Å². The highest BCUT2D eigenvalue weighted by Crippen LogP contribution is 2.33. The van der Waals surface area contributed by atoms with E-state index in [4.69, 9.17) is 9.47 Å². The fourth-order valence-electron chi connectivity index (χ4n) is 3.84. The van der Waals surface area contributed by atoms with Crippen LogP contribution in [0.4, 0.5) is 41.6 Å². The predicted molar refractivity (Wildman–Crippen MR) is 143 cm³/mol. The number of aliphatic hydroxyl groups is 1. The zero-order valence-electron chi connectivity index (χ0n) is 23.9. The highest BCUT2D eigenvalue weighted by atomic mass is 19.3. The van der Waals surface area contributed by atoms with Gasteiger partial charge in [-0.3, -0.25) is 0 Å². The molecule has 1 heterocycles. The van der Waals surface area contributed by atoms with E-state index in [0.717, 1.165) is 35.3 Å². The standard InChI is InChI=1S/C27H30F6N6O5/c1-16(26(42,12-38-15-34-14-35-38)20-10-5-17(28)11-21(20)29)39(37-24(41)44-25(2,3)4)23(40)36-18-6-8-19(9-7-18)43-13-27(32,33)22(30)31/h5-11,14-16,22,42H,12-13H2,1-4H3,(H,36,40)(H,37,41)/t16-,26-/m1/s1. The second-order valence-corrected chi connectivity index (χ2v) is 10.6. The van der Waals surface area contributed by atoms with Gasteiger partial charge in [0.05, 0.1) is 12.6 Å². The Morgan fingerprint density at radius 2 is 1.75 bits per heavy atom. The Morgan fingerprint density at radius 1 is 1.09 bits per heavy atom. The quantitative estimate of drug-likeness (QED) is 0.210. The molecule has 0 fully saturated rings. The van der Waals surface area contributed by atoms with Gasteiger partial charge < -0.3 is 19.9 Å². The van der Waals surface area contributed by atoms with Gasteiger partial charge in [-0.15, -0.1) is 0 Å². The van der Waals surface area contributed by atoms with E-state index in [-0.39, 0.29) is 11.4 Å². The van der Waals surface area contributed by atoms with Gasteiger partial charge in [0.25, 0.3) is 0 Å². The van der Waals surface area contributed by atoms with Crippen LogP contribution in [-0.2, 0) is 16.9 Å². The SMILES string of the molecule is C[C@@H](N(NC(=O)OC(C)(C)C)C(=O)Nc1ccc(OCC(F)(F)C(F)F)cc1)[C@](O)(Cn1cncn1)c1ccc(F)cc1F. The van der Waals surface area contributed by atoms with E-state index in [2.05, 4.69) is 20.8 Å². The lowest BCUT2D eigenvalue weighted by atomic mass is 9.86. The van der Waals surface area contributed by atoms with Crippen molar-refractivity contribution in [3.05, 3.63) is 72.3 Å². The van der Waals surface area contributed by atoms with Crippen LogP contribution in [0, 0.1) is 11.6 Å². The topological polar surface area (TPSA) is 131 Å². The Morgan fingerprint density at radius 3 is 2.30 bits per heavy atom. The molecular formula is C27H30F6N6O5. The number of nitrogens with zero attached hydrogens (tertiary/aromatic N) is 4. The minimum Gasteiger partial charge on any atom is -0.487 e. The first-order valence-electron chi connectivity index (χ1n) is 12.9. The van der Waals surface area contributed by atoms with Crippen LogP contribution in [0.5, 0.6) is 5.75 Å². The minimum atomic E-state index is -4.39. The van der Waals surface area contributed by atoms with E-state index in [0.29, 0.717) is 11.1 Å². The molecule has 0 aliphatic carbocycles. The van der Waals surface area contributed by atoms with Gasteiger partial charge in [-0.1, -0.05) is 6.07 Å². The molecular weight excluding hydrogens is 602 g/mol. The van der Waals surface area contributed by atoms with Gasteiger partial charge in [-0.2, -0.15) is 13.9 Å². The van der Waals surface area contributed by atoms with Gasteiger partial charge in [0.15, 0.2) is 6.61 Å². The lowest BCUT2D eigenvalue weighted by Crippen LogP contribution is -2.61. The van der Waals surface area contributed by atoms with E-state index < -0.39 is 72.1 Å². The molecule has 2 atom stereocenters. The summed E-state index contributed by atoms with van der Waals surface area (Å²) in [4.78, 5) is 30.0. The lowest BCUT2D eigenvalue weighted by molar-refractivity contribution is -0.148. The second kappa shape index (κ2) is 13.4. The van der Waals surface area contributed by atoms with Crippen LogP contribution < -0.4 is 15.5 Å². The van der Waals surface area contributed by atoms with Gasteiger partial charge >= 0.3 is 24.5 Å². The number of hydrogen-bond acceptors (Lipinski definition) is 7. The van der Waals surface area contributed by atoms with Crippen molar-refractivity contribution in [1.82, 2.24) is 25.2 Å². The molecule has 0 spiro atoms. The summed E-state index contributed by atoms with van der Waals surface area (Å²) in [6.07, 6.45) is -2.73. The lowest BCUT2D eigenvalue weighted by Gasteiger charge is -2.41. The molecule has 0 unspecified atom stereocenters. The minimum absolute atomic E-state index is 0.0129. The molecule has 3 aromatic rings. The molecule has 0 aliphatic heterocycles. The van der Waals surface area contributed by atoms with Crippen molar-refractivity contribution in [1.29, 1.82) is 0 Å². The molecule has 11 nitrogen and oxygen atoms in total. The zero-order chi connectivity index (χ0) is 32.9. The maximum atomic E-state index is 15.1. The average Bonchev–Trinajstić information content (AvgIpc) is 3.42. The van der Waals surface area contributed by atoms with Gasteiger partial charge in [-0.25, -0.2) is 47.3 Å². The molecule has 0 bridgehead atoms. The molecule has 17 heteroatoms. The third kappa shape index (κ3) is 8.75. The van der Waals surface area contributed by atoms with Gasteiger partial charge in [0.2, 0.25) is 0 Å². The Labute approximate surface area is 247 Å². The average molecular weight is 633 g/mol. The van der Waals surface area contributed by atoms with Crippen molar-refractivity contribution in [3.63, 3.8) is 0 Å². The van der Waals surface area contributed by atoms with Crippen LogP contribution in [0.15, 0.2) is 55.1 Å². The largest absolute Gasteiger partial charge is 0.487 e. The number of hydrazine groups is 1. The number of anilines is 1. The van der Waals surface area contributed by atoms with Crippen molar-refractivity contribution in [2.45, 2.75) is 63.8 Å². The summed E-state index contributed by atoms with van der Waals surface area (Å²) in [6, 6.07) is 4.36. The molecule has 1 aromatic heterocycles. The molecule has 240 valence electrons. The van der Waals surface area contributed by atoms with Crippen LogP contribution in [0.1, 0.15) is 33.3 Å². The molecule has 0 radical (unpaired) electrons. The number of aromatic nitrogens is 3. The number of urea groups is 1. The predicted octanol–water partition coefficient (Wildman–Crippen LogP) is 5.09. The van der Waals surface area contributed by atoms with Crippen LogP contribution in [0.3, 0.4) is 0 Å². The molecule has 44 heavy (non-hydrogen) atoms. The van der Waals surface area contributed by atoms with Crippen LogP contribution in [0.25, 0.3) is 0 Å². The van der Waals surface area contributed by atoms with E-state index in [1.54, 1.807) is 20.8 Å². The highest BCUT2D eigenvalue weighted by Gasteiger charge is 2.45.